The van der Waals surface area contributed by atoms with Crippen molar-refractivity contribution in [2.45, 2.75) is 13.1 Å². The smallest absolute Gasteiger partial charge is 0.411 e. The molecule has 0 aromatic carbocycles. The molecule has 0 aliphatic carbocycles. The number of allylic oxidation sites excluding steroid dienone is 1. The van der Waals surface area contributed by atoms with E-state index in [1.165, 1.54) is 6.92 Å². The molecule has 0 aromatic heterocycles. The molecule has 0 saturated carbocycles. The van der Waals surface area contributed by atoms with Gasteiger partial charge in [0.25, 0.3) is 0 Å². The predicted octanol–water partition coefficient (Wildman–Crippen LogP) is 1.56. The molecule has 0 spiro atoms. The second-order valence-corrected chi connectivity index (χ2v) is 1.93. The molecule has 0 unspecified atom stereocenters. The lowest BCUT2D eigenvalue weighted by atomic mass is 10.3. The van der Waals surface area contributed by atoms with Crippen molar-refractivity contribution in [3.63, 3.8) is 0 Å². The molecule has 0 aliphatic rings. The van der Waals surface area contributed by atoms with Crippen LogP contribution in [0.25, 0.3) is 0 Å². The van der Waals surface area contributed by atoms with Crippen molar-refractivity contribution in [3.8, 4) is 6.07 Å². The number of esters is 1. The monoisotopic (exact) mass is 193 g/mol. The summed E-state index contributed by atoms with van der Waals surface area (Å²) in [6.07, 6.45) is -5.07. The van der Waals surface area contributed by atoms with Gasteiger partial charge in [-0.05, 0) is 6.92 Å². The fraction of sp³-hybridized carbons (Fsp3) is 0.429. The van der Waals surface area contributed by atoms with Gasteiger partial charge < -0.3 is 4.74 Å². The van der Waals surface area contributed by atoms with Crippen molar-refractivity contribution in [2.24, 2.45) is 0 Å². The number of hydrogen-bond acceptors (Lipinski definition) is 3. The SMILES string of the molecule is CCOC(=O)/C(C#N)=C/C(F)(F)F. The summed E-state index contributed by atoms with van der Waals surface area (Å²) < 4.78 is 39.2. The van der Waals surface area contributed by atoms with Crippen molar-refractivity contribution in [3.05, 3.63) is 11.6 Å². The number of ether oxygens (including phenoxy) is 1. The Balaban J connectivity index is 4.64. The highest BCUT2D eigenvalue weighted by atomic mass is 19.4. The highest BCUT2D eigenvalue weighted by Crippen LogP contribution is 2.18. The van der Waals surface area contributed by atoms with Crippen LogP contribution in [0.5, 0.6) is 0 Å². The van der Waals surface area contributed by atoms with Crippen LogP contribution >= 0.6 is 0 Å². The summed E-state index contributed by atoms with van der Waals surface area (Å²) in [5.74, 6) is -1.26. The first-order valence-corrected chi connectivity index (χ1v) is 3.27. The second-order valence-electron chi connectivity index (χ2n) is 1.93. The van der Waals surface area contributed by atoms with Crippen LogP contribution in [0.15, 0.2) is 11.6 Å². The van der Waals surface area contributed by atoms with Gasteiger partial charge in [-0.15, -0.1) is 0 Å². The summed E-state index contributed by atoms with van der Waals surface area (Å²) in [5, 5.41) is 8.17. The van der Waals surface area contributed by atoms with E-state index in [0.717, 1.165) is 6.07 Å². The van der Waals surface area contributed by atoms with Gasteiger partial charge >= 0.3 is 12.1 Å². The van der Waals surface area contributed by atoms with Crippen molar-refractivity contribution in [2.75, 3.05) is 6.61 Å². The lowest BCUT2D eigenvalue weighted by Crippen LogP contribution is -2.11. The molecule has 0 amide bonds. The van der Waals surface area contributed by atoms with Gasteiger partial charge in [0.05, 0.1) is 6.61 Å². The number of alkyl halides is 3. The summed E-state index contributed by atoms with van der Waals surface area (Å²) in [4.78, 5) is 10.6. The molecule has 0 rings (SSSR count). The second kappa shape index (κ2) is 4.50. The quantitative estimate of drug-likeness (QED) is 0.380. The van der Waals surface area contributed by atoms with Crippen molar-refractivity contribution < 1.29 is 22.7 Å². The summed E-state index contributed by atoms with van der Waals surface area (Å²) in [6.45, 7) is 1.36. The number of carbonyl (C=O) groups excluding carboxylic acids is 1. The average Bonchev–Trinajstić information content (AvgIpc) is 1.99. The molecular formula is C7H6F3NO2. The molecule has 3 nitrogen and oxygen atoms in total. The fourth-order valence-electron chi connectivity index (χ4n) is 0.509. The molecule has 0 fully saturated rings. The summed E-state index contributed by atoms with van der Waals surface area (Å²) >= 11 is 0. The first kappa shape index (κ1) is 11.5. The Kier molecular flexibility index (Phi) is 3.98. The van der Waals surface area contributed by atoms with Crippen LogP contribution in [0.4, 0.5) is 13.2 Å². The van der Waals surface area contributed by atoms with E-state index in [4.69, 9.17) is 5.26 Å². The van der Waals surface area contributed by atoms with Gasteiger partial charge in [-0.3, -0.25) is 0 Å². The third-order valence-electron chi connectivity index (χ3n) is 0.924. The maximum Gasteiger partial charge on any atom is 0.411 e. The Morgan fingerprint density at radius 2 is 2.15 bits per heavy atom. The molecular weight excluding hydrogens is 187 g/mol. The summed E-state index contributed by atoms with van der Waals surface area (Å²) in [5.41, 5.74) is -1.05. The van der Waals surface area contributed by atoms with Crippen LogP contribution in [-0.4, -0.2) is 18.8 Å². The van der Waals surface area contributed by atoms with Gasteiger partial charge in [0.15, 0.2) is 0 Å². The van der Waals surface area contributed by atoms with Crippen LogP contribution < -0.4 is 0 Å². The zero-order valence-corrected chi connectivity index (χ0v) is 6.68. The van der Waals surface area contributed by atoms with Crippen LogP contribution in [0, 0.1) is 11.3 Å². The van der Waals surface area contributed by atoms with Crippen LogP contribution in [0.2, 0.25) is 0 Å². The zero-order valence-electron chi connectivity index (χ0n) is 6.68. The number of nitriles is 1. The van der Waals surface area contributed by atoms with E-state index in [0.29, 0.717) is 0 Å². The maximum atomic E-state index is 11.7. The van der Waals surface area contributed by atoms with E-state index in [2.05, 4.69) is 4.74 Å². The average molecular weight is 193 g/mol. The van der Waals surface area contributed by atoms with Gasteiger partial charge in [0, 0.05) is 6.08 Å². The number of rotatable bonds is 2. The molecule has 72 valence electrons. The summed E-state index contributed by atoms with van der Waals surface area (Å²) in [6, 6.07) is 1.11. The lowest BCUT2D eigenvalue weighted by molar-refractivity contribution is -0.138. The Bertz CT molecular complexity index is 262. The number of carbonyl (C=O) groups is 1. The minimum Gasteiger partial charge on any atom is -0.462 e. The molecule has 0 atom stereocenters. The van der Waals surface area contributed by atoms with Crippen LogP contribution in [0.1, 0.15) is 6.92 Å². The Morgan fingerprint density at radius 3 is 2.46 bits per heavy atom. The van der Waals surface area contributed by atoms with Crippen LogP contribution in [-0.2, 0) is 9.53 Å². The van der Waals surface area contributed by atoms with E-state index >= 15 is 0 Å². The highest BCUT2D eigenvalue weighted by molar-refractivity contribution is 5.92. The van der Waals surface area contributed by atoms with Crippen molar-refractivity contribution in [1.82, 2.24) is 0 Å². The van der Waals surface area contributed by atoms with E-state index < -0.39 is 17.7 Å². The van der Waals surface area contributed by atoms with E-state index in [-0.39, 0.29) is 12.7 Å². The lowest BCUT2D eigenvalue weighted by Gasteiger charge is -2.01. The number of nitrogens with zero attached hydrogens (tertiary/aromatic N) is 1. The standard InChI is InChI=1S/C7H6F3NO2/c1-2-13-6(12)5(4-11)3-7(8,9)10/h3H,2H2,1H3/b5-3+. The Morgan fingerprint density at radius 1 is 1.62 bits per heavy atom. The molecule has 0 saturated heterocycles. The van der Waals surface area contributed by atoms with Crippen LogP contribution in [0.3, 0.4) is 0 Å². The summed E-state index contributed by atoms with van der Waals surface area (Å²) in [7, 11) is 0. The molecule has 0 bridgehead atoms. The first-order valence-electron chi connectivity index (χ1n) is 3.27. The fourth-order valence-corrected chi connectivity index (χ4v) is 0.509. The normalized spacial score (nSPS) is 12.1. The molecule has 0 radical (unpaired) electrons. The number of halogens is 3. The van der Waals surface area contributed by atoms with Crippen molar-refractivity contribution in [1.29, 1.82) is 5.26 Å². The minimum absolute atomic E-state index is 0.0737. The highest BCUT2D eigenvalue weighted by Gasteiger charge is 2.27. The first-order chi connectivity index (χ1) is 5.90. The largest absolute Gasteiger partial charge is 0.462 e. The van der Waals surface area contributed by atoms with Gasteiger partial charge in [0.1, 0.15) is 11.6 Å². The minimum atomic E-state index is -4.68. The van der Waals surface area contributed by atoms with E-state index in [9.17, 15) is 18.0 Å². The van der Waals surface area contributed by atoms with Gasteiger partial charge in [-0.25, -0.2) is 4.79 Å². The molecule has 0 heterocycles. The molecule has 13 heavy (non-hydrogen) atoms. The van der Waals surface area contributed by atoms with Gasteiger partial charge in [-0.2, -0.15) is 18.4 Å². The Hall–Kier alpha value is -1.51. The zero-order chi connectivity index (χ0) is 10.5. The van der Waals surface area contributed by atoms with Crippen molar-refractivity contribution >= 4 is 5.97 Å². The van der Waals surface area contributed by atoms with Gasteiger partial charge in [-0.1, -0.05) is 0 Å². The molecule has 0 aromatic rings. The molecule has 0 N–H and O–H groups in total. The molecule has 0 aliphatic heterocycles. The Labute approximate surface area is 72.4 Å². The molecule has 6 heteroatoms. The van der Waals surface area contributed by atoms with E-state index in [1.807, 2.05) is 0 Å². The van der Waals surface area contributed by atoms with Gasteiger partial charge in [0.2, 0.25) is 0 Å². The number of hydrogen-bond donors (Lipinski definition) is 0. The topological polar surface area (TPSA) is 50.1 Å². The third kappa shape index (κ3) is 4.85. The third-order valence-corrected chi connectivity index (χ3v) is 0.924. The van der Waals surface area contributed by atoms with E-state index in [1.54, 1.807) is 0 Å². The predicted molar refractivity (Wildman–Crippen MR) is 36.4 cm³/mol. The maximum absolute atomic E-state index is 11.7.